The molecule has 0 saturated carbocycles. The zero-order chi connectivity index (χ0) is 18.3. The summed E-state index contributed by atoms with van der Waals surface area (Å²) in [6.45, 7) is 2.80. The molecule has 0 aromatic heterocycles. The van der Waals surface area contributed by atoms with Gasteiger partial charge >= 0.3 is 11.9 Å². The Morgan fingerprint density at radius 2 is 1.67 bits per heavy atom. The van der Waals surface area contributed by atoms with Crippen LogP contribution in [0.4, 0.5) is 4.39 Å². The molecule has 0 bridgehead atoms. The van der Waals surface area contributed by atoms with Crippen molar-refractivity contribution in [2.75, 3.05) is 14.1 Å². The Hall–Kier alpha value is -2.26. The van der Waals surface area contributed by atoms with Crippen LogP contribution in [0.1, 0.15) is 19.4 Å². The van der Waals surface area contributed by atoms with Crippen LogP contribution in [0, 0.1) is 5.82 Å². The van der Waals surface area contributed by atoms with Crippen LogP contribution in [0.15, 0.2) is 28.7 Å². The van der Waals surface area contributed by atoms with E-state index in [4.69, 9.17) is 9.47 Å². The number of rotatable bonds is 3. The van der Waals surface area contributed by atoms with E-state index in [-0.39, 0.29) is 5.56 Å². The summed E-state index contributed by atoms with van der Waals surface area (Å²) in [4.78, 5) is 23.2. The summed E-state index contributed by atoms with van der Waals surface area (Å²) >= 11 is 0. The van der Waals surface area contributed by atoms with Crippen LogP contribution >= 0.6 is 0 Å². The number of carbonyl (C=O) groups is 2. The average molecular weight is 357 g/mol. The van der Waals surface area contributed by atoms with Gasteiger partial charge in [0.1, 0.15) is 16.3 Å². The standard InChI is InChI=1S/C15H16FNO6S/c1-15(2)22-13(18)10(14(19)23-15)7-9-5-6-11(16)12(8-9)24(20,21)17(3)4/h5-8H,1-4H3. The SMILES string of the molecule is CN(C)S(=O)(=O)c1cc(C=C2C(=O)OC(C)(C)OC2=O)ccc1F. The highest BCUT2D eigenvalue weighted by Gasteiger charge is 2.38. The molecule has 0 radical (unpaired) electrons. The van der Waals surface area contributed by atoms with Crippen molar-refractivity contribution < 1.29 is 31.9 Å². The molecule has 1 aromatic carbocycles. The van der Waals surface area contributed by atoms with Gasteiger partial charge in [-0.05, 0) is 23.8 Å². The van der Waals surface area contributed by atoms with Gasteiger partial charge in [0.05, 0.1) is 0 Å². The lowest BCUT2D eigenvalue weighted by atomic mass is 10.1. The fourth-order valence-corrected chi connectivity index (χ4v) is 2.94. The molecule has 9 heteroatoms. The van der Waals surface area contributed by atoms with E-state index in [1.54, 1.807) is 0 Å². The molecule has 0 spiro atoms. The van der Waals surface area contributed by atoms with Gasteiger partial charge in [0.15, 0.2) is 0 Å². The molecule has 1 fully saturated rings. The number of esters is 2. The molecule has 1 heterocycles. The largest absolute Gasteiger partial charge is 0.419 e. The van der Waals surface area contributed by atoms with Crippen LogP contribution in [-0.2, 0) is 29.1 Å². The number of hydrogen-bond acceptors (Lipinski definition) is 6. The summed E-state index contributed by atoms with van der Waals surface area (Å²) in [5.74, 6) is -4.13. The average Bonchev–Trinajstić information content (AvgIpc) is 2.43. The third kappa shape index (κ3) is 3.46. The molecular weight excluding hydrogens is 341 g/mol. The van der Waals surface area contributed by atoms with Crippen molar-refractivity contribution in [3.05, 3.63) is 35.2 Å². The molecule has 0 aliphatic carbocycles. The summed E-state index contributed by atoms with van der Waals surface area (Å²) in [6, 6.07) is 3.20. The normalized spacial score (nSPS) is 17.5. The molecule has 7 nitrogen and oxygen atoms in total. The number of nitrogens with zero attached hydrogens (tertiary/aromatic N) is 1. The Morgan fingerprint density at radius 1 is 1.12 bits per heavy atom. The second-order valence-corrected chi connectivity index (χ2v) is 7.83. The predicted molar refractivity (Wildman–Crippen MR) is 81.5 cm³/mol. The monoisotopic (exact) mass is 357 g/mol. The van der Waals surface area contributed by atoms with E-state index in [0.717, 1.165) is 22.5 Å². The second kappa shape index (κ2) is 5.99. The first-order valence-electron chi connectivity index (χ1n) is 6.84. The van der Waals surface area contributed by atoms with E-state index in [1.165, 1.54) is 34.0 Å². The fraction of sp³-hybridized carbons (Fsp3) is 0.333. The van der Waals surface area contributed by atoms with Crippen LogP contribution in [0.25, 0.3) is 6.08 Å². The molecule has 0 N–H and O–H groups in total. The van der Waals surface area contributed by atoms with Crippen molar-refractivity contribution in [1.82, 2.24) is 4.31 Å². The van der Waals surface area contributed by atoms with Crippen LogP contribution in [0.3, 0.4) is 0 Å². The van der Waals surface area contributed by atoms with Crippen molar-refractivity contribution >= 4 is 28.0 Å². The van der Waals surface area contributed by atoms with Crippen molar-refractivity contribution in [1.29, 1.82) is 0 Å². The highest BCUT2D eigenvalue weighted by atomic mass is 32.2. The molecule has 1 aromatic rings. The molecule has 24 heavy (non-hydrogen) atoms. The Labute approximate surface area is 138 Å². The molecule has 0 unspecified atom stereocenters. The number of hydrogen-bond donors (Lipinski definition) is 0. The first kappa shape index (κ1) is 18.1. The predicted octanol–water partition coefficient (Wildman–Crippen LogP) is 1.30. The molecule has 0 amide bonds. The Balaban J connectivity index is 2.48. The third-order valence-electron chi connectivity index (χ3n) is 3.14. The number of cyclic esters (lactones) is 2. The Kier molecular flexibility index (Phi) is 4.51. The van der Waals surface area contributed by atoms with E-state index < -0.39 is 44.0 Å². The second-order valence-electron chi connectivity index (χ2n) is 5.71. The van der Waals surface area contributed by atoms with Crippen LogP contribution in [-0.4, -0.2) is 44.5 Å². The maximum Gasteiger partial charge on any atom is 0.348 e. The van der Waals surface area contributed by atoms with E-state index in [2.05, 4.69) is 0 Å². The van der Waals surface area contributed by atoms with Gasteiger partial charge in [-0.15, -0.1) is 0 Å². The minimum absolute atomic E-state index is 0.139. The van der Waals surface area contributed by atoms with E-state index in [1.807, 2.05) is 0 Å². The van der Waals surface area contributed by atoms with E-state index in [0.29, 0.717) is 0 Å². The van der Waals surface area contributed by atoms with Crippen molar-refractivity contribution in [3.63, 3.8) is 0 Å². The van der Waals surface area contributed by atoms with Crippen LogP contribution in [0.5, 0.6) is 0 Å². The minimum Gasteiger partial charge on any atom is -0.419 e. The van der Waals surface area contributed by atoms with E-state index >= 15 is 0 Å². The summed E-state index contributed by atoms with van der Waals surface area (Å²) in [7, 11) is -1.50. The van der Waals surface area contributed by atoms with Gasteiger partial charge < -0.3 is 9.47 Å². The van der Waals surface area contributed by atoms with Gasteiger partial charge in [0, 0.05) is 27.9 Å². The number of halogens is 1. The molecule has 0 atom stereocenters. The van der Waals surface area contributed by atoms with Gasteiger partial charge in [0.25, 0.3) is 5.79 Å². The quantitative estimate of drug-likeness (QED) is 0.460. The summed E-state index contributed by atoms with van der Waals surface area (Å²) < 4.78 is 48.8. The molecule has 1 aliphatic heterocycles. The maximum absolute atomic E-state index is 13.8. The van der Waals surface area contributed by atoms with Gasteiger partial charge in [-0.1, -0.05) is 6.07 Å². The molecule has 1 saturated heterocycles. The van der Waals surface area contributed by atoms with Gasteiger partial charge in [-0.25, -0.2) is 26.7 Å². The van der Waals surface area contributed by atoms with Crippen molar-refractivity contribution in [3.8, 4) is 0 Å². The molecular formula is C15H16FNO6S. The number of ether oxygens (including phenoxy) is 2. The van der Waals surface area contributed by atoms with Crippen molar-refractivity contribution in [2.45, 2.75) is 24.5 Å². The minimum atomic E-state index is -4.02. The summed E-state index contributed by atoms with van der Waals surface area (Å²) in [5.41, 5.74) is -0.269. The zero-order valence-corrected chi connectivity index (χ0v) is 14.3. The highest BCUT2D eigenvalue weighted by molar-refractivity contribution is 7.89. The molecule has 2 rings (SSSR count). The molecule has 130 valence electrons. The Bertz CT molecular complexity index is 820. The van der Waals surface area contributed by atoms with E-state index in [9.17, 15) is 22.4 Å². The Morgan fingerprint density at radius 3 is 2.17 bits per heavy atom. The van der Waals surface area contributed by atoms with Gasteiger partial charge in [-0.3, -0.25) is 0 Å². The lowest BCUT2D eigenvalue weighted by Gasteiger charge is -2.29. The van der Waals surface area contributed by atoms with Crippen LogP contribution < -0.4 is 0 Å². The third-order valence-corrected chi connectivity index (χ3v) is 4.97. The summed E-state index contributed by atoms with van der Waals surface area (Å²) in [5, 5.41) is 0. The first-order valence-corrected chi connectivity index (χ1v) is 8.28. The summed E-state index contributed by atoms with van der Waals surface area (Å²) in [6.07, 6.45) is 1.09. The molecule has 1 aliphatic rings. The topological polar surface area (TPSA) is 90.0 Å². The highest BCUT2D eigenvalue weighted by Crippen LogP contribution is 2.25. The number of benzene rings is 1. The van der Waals surface area contributed by atoms with Gasteiger partial charge in [0.2, 0.25) is 10.0 Å². The van der Waals surface area contributed by atoms with Crippen LogP contribution in [0.2, 0.25) is 0 Å². The number of sulfonamides is 1. The maximum atomic E-state index is 13.8. The fourth-order valence-electron chi connectivity index (χ4n) is 1.95. The van der Waals surface area contributed by atoms with Gasteiger partial charge in [-0.2, -0.15) is 0 Å². The lowest BCUT2D eigenvalue weighted by Crippen LogP contribution is -2.41. The first-order chi connectivity index (χ1) is 10.9. The number of carbonyl (C=O) groups excluding carboxylic acids is 2. The van der Waals surface area contributed by atoms with Crippen molar-refractivity contribution in [2.24, 2.45) is 0 Å². The lowest BCUT2D eigenvalue weighted by molar-refractivity contribution is -0.222. The zero-order valence-electron chi connectivity index (χ0n) is 13.5. The smallest absolute Gasteiger partial charge is 0.348 e.